The summed E-state index contributed by atoms with van der Waals surface area (Å²) in [6, 6.07) is 0. The Hall–Kier alpha value is -1.09. The summed E-state index contributed by atoms with van der Waals surface area (Å²) in [6.07, 6.45) is 3.50. The van der Waals surface area contributed by atoms with Gasteiger partial charge in [0.1, 0.15) is 0 Å². The van der Waals surface area contributed by atoms with Crippen molar-refractivity contribution in [1.82, 2.24) is 0 Å². The molecule has 0 heterocycles. The molecule has 0 aromatic rings. The molecule has 0 aromatic carbocycles. The van der Waals surface area contributed by atoms with Crippen LogP contribution in [0.2, 0.25) is 0 Å². The molecule has 0 atom stereocenters. The van der Waals surface area contributed by atoms with Crippen molar-refractivity contribution in [2.75, 3.05) is 6.54 Å². The van der Waals surface area contributed by atoms with E-state index in [9.17, 15) is 0 Å². The van der Waals surface area contributed by atoms with Crippen LogP contribution in [0.1, 0.15) is 6.92 Å². The Bertz CT molecular complexity index is 168. The molecule has 0 aromatic heterocycles. The minimum absolute atomic E-state index is 0.376. The Morgan fingerprint density at radius 1 is 1.60 bits per heavy atom. The first-order valence-corrected chi connectivity index (χ1v) is 3.00. The highest BCUT2D eigenvalue weighted by molar-refractivity contribution is 5.29. The second-order valence-electron chi connectivity index (χ2n) is 1.91. The summed E-state index contributed by atoms with van der Waals surface area (Å²) in [5.41, 5.74) is 12.1. The number of rotatable bonds is 3. The lowest BCUT2D eigenvalue weighted by Gasteiger charge is -1.91. The van der Waals surface area contributed by atoms with E-state index in [4.69, 9.17) is 11.5 Å². The zero-order valence-corrected chi connectivity index (χ0v) is 6.17. The summed E-state index contributed by atoms with van der Waals surface area (Å²) >= 11 is 0. The monoisotopic (exact) mass is 139 g/mol. The van der Waals surface area contributed by atoms with Crippen molar-refractivity contribution in [3.8, 4) is 0 Å². The number of nitrogens with zero attached hydrogens (tertiary/aromatic N) is 1. The Morgan fingerprint density at radius 3 is 2.60 bits per heavy atom. The zero-order valence-electron chi connectivity index (χ0n) is 6.17. The summed E-state index contributed by atoms with van der Waals surface area (Å²) in [4.78, 5) is 3.66. The minimum Gasteiger partial charge on any atom is -0.401 e. The zero-order chi connectivity index (χ0) is 7.98. The summed E-state index contributed by atoms with van der Waals surface area (Å²) < 4.78 is 0. The first-order chi connectivity index (χ1) is 4.70. The molecule has 10 heavy (non-hydrogen) atoms. The predicted molar refractivity (Wildman–Crippen MR) is 44.6 cm³/mol. The average molecular weight is 139 g/mol. The number of hydrogen-bond acceptors (Lipinski definition) is 3. The topological polar surface area (TPSA) is 64.4 Å². The van der Waals surface area contributed by atoms with E-state index in [0.717, 1.165) is 5.70 Å². The highest BCUT2D eigenvalue weighted by atomic mass is 14.7. The van der Waals surface area contributed by atoms with Crippen LogP contribution in [0, 0.1) is 0 Å². The summed E-state index contributed by atoms with van der Waals surface area (Å²) in [5.74, 6) is 0. The van der Waals surface area contributed by atoms with Crippen LogP contribution in [0.3, 0.4) is 0 Å². The van der Waals surface area contributed by atoms with Gasteiger partial charge in [-0.2, -0.15) is 0 Å². The Labute approximate surface area is 61.1 Å². The third-order valence-corrected chi connectivity index (χ3v) is 1.02. The van der Waals surface area contributed by atoms with Crippen LogP contribution in [0.4, 0.5) is 0 Å². The maximum atomic E-state index is 5.41. The second kappa shape index (κ2) is 4.76. The number of aliphatic imine (C=N–C) groups is 1. The van der Waals surface area contributed by atoms with Gasteiger partial charge in [-0.25, -0.2) is 0 Å². The lowest BCUT2D eigenvalue weighted by atomic mass is 10.3. The van der Waals surface area contributed by atoms with Gasteiger partial charge in [-0.15, -0.1) is 0 Å². The van der Waals surface area contributed by atoms with Crippen LogP contribution in [0.15, 0.2) is 28.5 Å². The third kappa shape index (κ3) is 3.86. The predicted octanol–water partition coefficient (Wildman–Crippen LogP) is 0.392. The van der Waals surface area contributed by atoms with Gasteiger partial charge >= 0.3 is 0 Å². The van der Waals surface area contributed by atoms with Gasteiger partial charge in [0.25, 0.3) is 0 Å². The lowest BCUT2D eigenvalue weighted by molar-refractivity contribution is 1.11. The van der Waals surface area contributed by atoms with Crippen LogP contribution in [-0.4, -0.2) is 13.3 Å². The Balaban J connectivity index is 4.03. The van der Waals surface area contributed by atoms with E-state index in [1.807, 2.05) is 6.92 Å². The molecular weight excluding hydrogens is 126 g/mol. The standard InChI is InChI=1S/C7H13N3/c1-6(10-2)3-4-7(9)5-8/h3-4H,2,5,8-9H2,1H3/b6-3-,7-4-. The van der Waals surface area contributed by atoms with Gasteiger partial charge in [0.2, 0.25) is 0 Å². The fraction of sp³-hybridized carbons (Fsp3) is 0.286. The Kier molecular flexibility index (Phi) is 4.24. The van der Waals surface area contributed by atoms with Crippen molar-refractivity contribution in [2.24, 2.45) is 16.5 Å². The third-order valence-electron chi connectivity index (χ3n) is 1.02. The van der Waals surface area contributed by atoms with Crippen LogP contribution in [0.25, 0.3) is 0 Å². The molecule has 0 spiro atoms. The molecule has 3 heteroatoms. The molecule has 0 saturated carbocycles. The van der Waals surface area contributed by atoms with E-state index >= 15 is 0 Å². The van der Waals surface area contributed by atoms with Crippen LogP contribution in [0.5, 0.6) is 0 Å². The highest BCUT2D eigenvalue weighted by Gasteiger charge is 1.80. The van der Waals surface area contributed by atoms with E-state index < -0.39 is 0 Å². The van der Waals surface area contributed by atoms with Crippen molar-refractivity contribution < 1.29 is 0 Å². The molecule has 0 saturated heterocycles. The van der Waals surface area contributed by atoms with Gasteiger partial charge in [0.15, 0.2) is 0 Å². The van der Waals surface area contributed by atoms with Crippen molar-refractivity contribution in [1.29, 1.82) is 0 Å². The molecule has 3 nitrogen and oxygen atoms in total. The van der Waals surface area contributed by atoms with Gasteiger partial charge in [0, 0.05) is 17.9 Å². The Morgan fingerprint density at radius 2 is 2.20 bits per heavy atom. The smallest absolute Gasteiger partial charge is 0.0366 e. The van der Waals surface area contributed by atoms with Gasteiger partial charge in [-0.3, -0.25) is 4.99 Å². The molecule has 0 bridgehead atoms. The van der Waals surface area contributed by atoms with Gasteiger partial charge in [-0.1, -0.05) is 0 Å². The van der Waals surface area contributed by atoms with Crippen LogP contribution in [-0.2, 0) is 0 Å². The van der Waals surface area contributed by atoms with Crippen molar-refractivity contribution in [2.45, 2.75) is 6.92 Å². The average Bonchev–Trinajstić information content (AvgIpc) is 1.99. The summed E-state index contributed by atoms with van der Waals surface area (Å²) in [6.45, 7) is 5.56. The first-order valence-electron chi connectivity index (χ1n) is 3.00. The van der Waals surface area contributed by atoms with E-state index in [1.165, 1.54) is 0 Å². The van der Waals surface area contributed by atoms with Gasteiger partial charge in [-0.05, 0) is 25.8 Å². The largest absolute Gasteiger partial charge is 0.401 e. The normalized spacial score (nSPS) is 13.4. The van der Waals surface area contributed by atoms with Crippen molar-refractivity contribution in [3.63, 3.8) is 0 Å². The first kappa shape index (κ1) is 8.91. The SMILES string of the molecule is C=N/C(C)=C\C=C(/N)CN. The quantitative estimate of drug-likeness (QED) is 0.439. The van der Waals surface area contributed by atoms with Crippen LogP contribution >= 0.6 is 0 Å². The second-order valence-corrected chi connectivity index (χ2v) is 1.91. The fourth-order valence-corrected chi connectivity index (χ4v) is 0.348. The van der Waals surface area contributed by atoms with Crippen molar-refractivity contribution >= 4 is 6.72 Å². The van der Waals surface area contributed by atoms with Crippen LogP contribution < -0.4 is 11.5 Å². The summed E-state index contributed by atoms with van der Waals surface area (Å²) in [5, 5.41) is 0. The van der Waals surface area contributed by atoms with E-state index in [0.29, 0.717) is 12.2 Å². The number of nitrogens with two attached hydrogens (primary N) is 2. The maximum absolute atomic E-state index is 5.41. The lowest BCUT2D eigenvalue weighted by Crippen LogP contribution is -2.10. The van der Waals surface area contributed by atoms with Gasteiger partial charge in [0.05, 0.1) is 0 Å². The molecule has 0 aliphatic rings. The molecular formula is C7H13N3. The number of hydrogen-bond donors (Lipinski definition) is 2. The molecule has 0 aliphatic carbocycles. The molecule has 0 fully saturated rings. The fourth-order valence-electron chi connectivity index (χ4n) is 0.348. The number of allylic oxidation sites excluding steroid dienone is 3. The molecule has 56 valence electrons. The molecule has 0 unspecified atom stereocenters. The molecule has 0 aliphatic heterocycles. The maximum Gasteiger partial charge on any atom is 0.0366 e. The van der Waals surface area contributed by atoms with E-state index in [-0.39, 0.29) is 0 Å². The molecule has 4 N–H and O–H groups in total. The molecule has 0 amide bonds. The summed E-state index contributed by atoms with van der Waals surface area (Å²) in [7, 11) is 0. The van der Waals surface area contributed by atoms with E-state index in [1.54, 1.807) is 12.2 Å². The van der Waals surface area contributed by atoms with Gasteiger partial charge < -0.3 is 11.5 Å². The highest BCUT2D eigenvalue weighted by Crippen LogP contribution is 1.93. The molecule has 0 rings (SSSR count). The van der Waals surface area contributed by atoms with E-state index in [2.05, 4.69) is 11.7 Å². The minimum atomic E-state index is 0.376. The molecule has 0 radical (unpaired) electrons. The van der Waals surface area contributed by atoms with Crippen molar-refractivity contribution in [3.05, 3.63) is 23.5 Å².